The molecule has 2 aromatic rings. The van der Waals surface area contributed by atoms with E-state index in [2.05, 4.69) is 66.3 Å². The minimum atomic E-state index is 0.574. The van der Waals surface area contributed by atoms with Crippen molar-refractivity contribution in [2.24, 2.45) is 5.92 Å². The van der Waals surface area contributed by atoms with Crippen molar-refractivity contribution in [3.8, 4) is 0 Å². The molecule has 0 amide bonds. The van der Waals surface area contributed by atoms with E-state index in [1.807, 2.05) is 6.20 Å². The van der Waals surface area contributed by atoms with Crippen LogP contribution >= 0.6 is 0 Å². The number of hydrogen-bond donors (Lipinski definition) is 0. The minimum absolute atomic E-state index is 0.574. The van der Waals surface area contributed by atoms with Crippen molar-refractivity contribution < 1.29 is 0 Å². The Hall–Kier alpha value is -1.57. The van der Waals surface area contributed by atoms with Crippen LogP contribution in [0.3, 0.4) is 0 Å². The molecular formula is C37H64N2. The fraction of sp³-hybridized carbons (Fsp3) is 0.757. The molecule has 0 N–H and O–H groups in total. The van der Waals surface area contributed by atoms with Gasteiger partial charge in [-0.1, -0.05) is 179 Å². The van der Waals surface area contributed by atoms with Gasteiger partial charge in [-0.3, -0.25) is 0 Å². The summed E-state index contributed by atoms with van der Waals surface area (Å²) in [5, 5.41) is 0. The second-order valence-electron chi connectivity index (χ2n) is 12.3. The highest BCUT2D eigenvalue weighted by Crippen LogP contribution is 2.32. The van der Waals surface area contributed by atoms with Gasteiger partial charge in [0, 0.05) is 18.4 Å². The Morgan fingerprint density at radius 1 is 0.564 bits per heavy atom. The number of benzene rings is 1. The Morgan fingerprint density at radius 3 is 1.49 bits per heavy atom. The van der Waals surface area contributed by atoms with Crippen LogP contribution < -0.4 is 0 Å². The maximum atomic E-state index is 4.45. The average molecular weight is 537 g/mol. The summed E-state index contributed by atoms with van der Waals surface area (Å²) in [5.41, 5.74) is 1.50. The van der Waals surface area contributed by atoms with E-state index >= 15 is 0 Å². The molecule has 0 bridgehead atoms. The van der Waals surface area contributed by atoms with Crippen molar-refractivity contribution in [3.05, 3.63) is 54.6 Å². The lowest BCUT2D eigenvalue weighted by molar-refractivity contribution is 0.275. The first-order chi connectivity index (χ1) is 19.3. The Balaban J connectivity index is 1.68. The van der Waals surface area contributed by atoms with Gasteiger partial charge in [0.2, 0.25) is 0 Å². The molecule has 2 atom stereocenters. The summed E-state index contributed by atoms with van der Waals surface area (Å²) in [6.45, 7) is 4.61. The molecule has 0 aliphatic carbocycles. The summed E-state index contributed by atoms with van der Waals surface area (Å²) in [5.74, 6) is 0.694. The van der Waals surface area contributed by atoms with Gasteiger partial charge in [0.25, 0.3) is 0 Å². The SMILES string of the molecule is CCCCCCCCCCCCCCCCCC(C(CCCCCCCC)Cc1ccccc1)n1ccnc1. The molecule has 1 heterocycles. The summed E-state index contributed by atoms with van der Waals surface area (Å²) in [6.07, 6.45) is 39.9. The fourth-order valence-electron chi connectivity index (χ4n) is 6.35. The largest absolute Gasteiger partial charge is 0.334 e. The summed E-state index contributed by atoms with van der Waals surface area (Å²) in [4.78, 5) is 4.45. The van der Waals surface area contributed by atoms with Crippen LogP contribution in [0.15, 0.2) is 49.1 Å². The van der Waals surface area contributed by atoms with Crippen LogP contribution in [0.1, 0.15) is 173 Å². The van der Waals surface area contributed by atoms with Crippen LogP contribution in [0.25, 0.3) is 0 Å². The monoisotopic (exact) mass is 537 g/mol. The van der Waals surface area contributed by atoms with E-state index in [0.717, 1.165) is 0 Å². The first kappa shape index (κ1) is 33.6. The van der Waals surface area contributed by atoms with Crippen LogP contribution in [-0.4, -0.2) is 9.55 Å². The van der Waals surface area contributed by atoms with Gasteiger partial charge in [-0.15, -0.1) is 0 Å². The molecule has 1 aromatic heterocycles. The van der Waals surface area contributed by atoms with E-state index in [1.54, 1.807) is 0 Å². The lowest BCUT2D eigenvalue weighted by atomic mass is 9.84. The van der Waals surface area contributed by atoms with E-state index in [1.165, 1.54) is 160 Å². The Morgan fingerprint density at radius 2 is 1.03 bits per heavy atom. The number of unbranched alkanes of at least 4 members (excludes halogenated alkanes) is 19. The molecule has 0 saturated carbocycles. The van der Waals surface area contributed by atoms with Crippen molar-refractivity contribution in [3.63, 3.8) is 0 Å². The molecular weight excluding hydrogens is 472 g/mol. The van der Waals surface area contributed by atoms with Crippen molar-refractivity contribution in [2.75, 3.05) is 0 Å². The normalized spacial score (nSPS) is 13.1. The number of hydrogen-bond acceptors (Lipinski definition) is 1. The zero-order chi connectivity index (χ0) is 27.6. The van der Waals surface area contributed by atoms with Crippen molar-refractivity contribution >= 4 is 0 Å². The maximum Gasteiger partial charge on any atom is 0.0948 e. The standard InChI is InChI=1S/C37H64N2/c1-3-5-7-9-11-12-13-14-15-16-17-18-19-21-26-30-37(39-32-31-38-34-39)36(29-25-20-10-8-6-4-2)33-35-27-23-22-24-28-35/h22-24,27-28,31-32,34,36-37H,3-21,25-26,29-30,33H2,1-2H3. The molecule has 0 saturated heterocycles. The minimum Gasteiger partial charge on any atom is -0.334 e. The molecule has 0 spiro atoms. The van der Waals surface area contributed by atoms with E-state index in [0.29, 0.717) is 12.0 Å². The van der Waals surface area contributed by atoms with Gasteiger partial charge in [-0.25, -0.2) is 4.98 Å². The molecule has 2 heteroatoms. The van der Waals surface area contributed by atoms with Crippen LogP contribution in [0.2, 0.25) is 0 Å². The number of nitrogens with zero attached hydrogens (tertiary/aromatic N) is 2. The van der Waals surface area contributed by atoms with Crippen LogP contribution in [0.4, 0.5) is 0 Å². The molecule has 222 valence electrons. The second kappa shape index (κ2) is 24.2. The lowest BCUT2D eigenvalue weighted by Gasteiger charge is -2.29. The van der Waals surface area contributed by atoms with Crippen molar-refractivity contribution in [1.29, 1.82) is 0 Å². The van der Waals surface area contributed by atoms with Crippen molar-refractivity contribution in [2.45, 2.75) is 174 Å². The molecule has 2 unspecified atom stereocenters. The Kier molecular flexibility index (Phi) is 20.9. The first-order valence-electron chi connectivity index (χ1n) is 17.4. The predicted octanol–water partition coefficient (Wildman–Crippen LogP) is 12.3. The first-order valence-corrected chi connectivity index (χ1v) is 17.4. The van der Waals surface area contributed by atoms with E-state index in [4.69, 9.17) is 0 Å². The molecule has 0 fully saturated rings. The summed E-state index contributed by atoms with van der Waals surface area (Å²) in [7, 11) is 0. The van der Waals surface area contributed by atoms with Crippen LogP contribution in [-0.2, 0) is 6.42 Å². The molecule has 0 radical (unpaired) electrons. The topological polar surface area (TPSA) is 17.8 Å². The number of imidazole rings is 1. The molecule has 2 nitrogen and oxygen atoms in total. The summed E-state index contributed by atoms with van der Waals surface area (Å²) < 4.78 is 2.44. The number of rotatable bonds is 27. The predicted molar refractivity (Wildman–Crippen MR) is 172 cm³/mol. The van der Waals surface area contributed by atoms with E-state index in [9.17, 15) is 0 Å². The zero-order valence-electron chi connectivity index (χ0n) is 26.1. The second-order valence-corrected chi connectivity index (χ2v) is 12.3. The highest BCUT2D eigenvalue weighted by atomic mass is 15.1. The molecule has 2 rings (SSSR count). The van der Waals surface area contributed by atoms with Crippen molar-refractivity contribution in [1.82, 2.24) is 9.55 Å². The highest BCUT2D eigenvalue weighted by Gasteiger charge is 2.23. The van der Waals surface area contributed by atoms with Gasteiger partial charge >= 0.3 is 0 Å². The van der Waals surface area contributed by atoms with Gasteiger partial charge in [0.05, 0.1) is 6.33 Å². The van der Waals surface area contributed by atoms with E-state index < -0.39 is 0 Å². The molecule has 39 heavy (non-hydrogen) atoms. The lowest BCUT2D eigenvalue weighted by Crippen LogP contribution is -2.21. The highest BCUT2D eigenvalue weighted by molar-refractivity contribution is 5.15. The van der Waals surface area contributed by atoms with Gasteiger partial charge in [-0.05, 0) is 30.7 Å². The molecule has 1 aromatic carbocycles. The fourth-order valence-corrected chi connectivity index (χ4v) is 6.35. The zero-order valence-corrected chi connectivity index (χ0v) is 26.1. The van der Waals surface area contributed by atoms with Gasteiger partial charge in [-0.2, -0.15) is 0 Å². The maximum absolute atomic E-state index is 4.45. The summed E-state index contributed by atoms with van der Waals surface area (Å²) >= 11 is 0. The Labute approximate surface area is 243 Å². The van der Waals surface area contributed by atoms with Gasteiger partial charge in [0.1, 0.15) is 0 Å². The Bertz CT molecular complexity index is 738. The summed E-state index contributed by atoms with van der Waals surface area (Å²) in [6, 6.07) is 11.8. The molecule has 0 aliphatic rings. The third-order valence-electron chi connectivity index (χ3n) is 8.82. The third kappa shape index (κ3) is 17.0. The van der Waals surface area contributed by atoms with Crippen LogP contribution in [0.5, 0.6) is 0 Å². The smallest absolute Gasteiger partial charge is 0.0948 e. The molecule has 0 aliphatic heterocycles. The van der Waals surface area contributed by atoms with Gasteiger partial charge < -0.3 is 4.57 Å². The van der Waals surface area contributed by atoms with Crippen LogP contribution in [0, 0.1) is 5.92 Å². The van der Waals surface area contributed by atoms with Gasteiger partial charge in [0.15, 0.2) is 0 Å². The average Bonchev–Trinajstić information content (AvgIpc) is 3.49. The number of aromatic nitrogens is 2. The third-order valence-corrected chi connectivity index (χ3v) is 8.82. The quantitative estimate of drug-likeness (QED) is 0.104. The van der Waals surface area contributed by atoms with E-state index in [-0.39, 0.29) is 0 Å².